The maximum absolute atomic E-state index is 11.9. The molecular formula is C17H20BrN3O2. The number of carbonyl (C=O) groups excluding carboxylic acids is 1. The number of amides is 1. The average molecular weight is 378 g/mol. The summed E-state index contributed by atoms with van der Waals surface area (Å²) in [6.07, 6.45) is 0.798. The van der Waals surface area contributed by atoms with Crippen LogP contribution in [0.15, 0.2) is 40.9 Å². The number of aromatic hydroxyl groups is 1. The first kappa shape index (κ1) is 17.4. The second-order valence-electron chi connectivity index (χ2n) is 5.22. The van der Waals surface area contributed by atoms with Crippen molar-refractivity contribution in [2.24, 2.45) is 0 Å². The van der Waals surface area contributed by atoms with Crippen LogP contribution in [0.4, 0.5) is 0 Å². The normalized spacial score (nSPS) is 10.5. The Kier molecular flexibility index (Phi) is 6.55. The zero-order valence-electron chi connectivity index (χ0n) is 13.0. The number of benzene rings is 1. The Balaban J connectivity index is 1.66. The Hall–Kier alpha value is -1.92. The van der Waals surface area contributed by atoms with E-state index in [1.54, 1.807) is 24.3 Å². The van der Waals surface area contributed by atoms with Crippen molar-refractivity contribution in [2.45, 2.75) is 19.9 Å². The third-order valence-electron chi connectivity index (χ3n) is 3.28. The number of carbonyl (C=O) groups is 1. The lowest BCUT2D eigenvalue weighted by Gasteiger charge is -2.08. The summed E-state index contributed by atoms with van der Waals surface area (Å²) in [6, 6.07) is 10.7. The summed E-state index contributed by atoms with van der Waals surface area (Å²) in [5.41, 5.74) is 2.16. The van der Waals surface area contributed by atoms with Gasteiger partial charge in [-0.05, 0) is 50.2 Å². The molecule has 0 aliphatic carbocycles. The van der Waals surface area contributed by atoms with E-state index in [2.05, 4.69) is 31.5 Å². The highest BCUT2D eigenvalue weighted by atomic mass is 79.9. The minimum absolute atomic E-state index is 0.0794. The molecule has 1 amide bonds. The van der Waals surface area contributed by atoms with E-state index in [9.17, 15) is 9.90 Å². The lowest BCUT2D eigenvalue weighted by atomic mass is 10.2. The van der Waals surface area contributed by atoms with Crippen molar-refractivity contribution in [3.63, 3.8) is 0 Å². The Morgan fingerprint density at radius 2 is 2.09 bits per heavy atom. The minimum atomic E-state index is -0.0794. The molecule has 2 aromatic rings. The SMILES string of the molecule is Cc1ccc(O)c(CNCCCNC(=O)c2cccc(Br)c2)n1. The van der Waals surface area contributed by atoms with Gasteiger partial charge >= 0.3 is 0 Å². The van der Waals surface area contributed by atoms with Gasteiger partial charge in [-0.1, -0.05) is 22.0 Å². The van der Waals surface area contributed by atoms with Gasteiger partial charge in [0, 0.05) is 28.8 Å². The van der Waals surface area contributed by atoms with E-state index >= 15 is 0 Å². The molecule has 1 heterocycles. The van der Waals surface area contributed by atoms with Gasteiger partial charge in [-0.15, -0.1) is 0 Å². The standard InChI is InChI=1S/C17H20BrN3O2/c1-12-6-7-16(22)15(21-12)11-19-8-3-9-20-17(23)13-4-2-5-14(18)10-13/h2,4-7,10,19,22H,3,8-9,11H2,1H3,(H,20,23). The van der Waals surface area contributed by atoms with Gasteiger partial charge < -0.3 is 15.7 Å². The van der Waals surface area contributed by atoms with Crippen LogP contribution in [0, 0.1) is 6.92 Å². The fraction of sp³-hybridized carbons (Fsp3) is 0.294. The number of hydrogen-bond donors (Lipinski definition) is 3. The maximum Gasteiger partial charge on any atom is 0.251 e. The molecular weight excluding hydrogens is 358 g/mol. The summed E-state index contributed by atoms with van der Waals surface area (Å²) in [6.45, 7) is 3.72. The lowest BCUT2D eigenvalue weighted by molar-refractivity contribution is 0.0953. The molecule has 3 N–H and O–H groups in total. The predicted octanol–water partition coefficient (Wildman–Crippen LogP) is 2.77. The highest BCUT2D eigenvalue weighted by Gasteiger charge is 2.05. The van der Waals surface area contributed by atoms with Crippen LogP contribution >= 0.6 is 15.9 Å². The van der Waals surface area contributed by atoms with Crippen LogP contribution in [0.1, 0.15) is 28.2 Å². The first-order valence-corrected chi connectivity index (χ1v) is 8.25. The van der Waals surface area contributed by atoms with Gasteiger partial charge in [0.2, 0.25) is 0 Å². The quantitative estimate of drug-likeness (QED) is 0.648. The molecule has 122 valence electrons. The largest absolute Gasteiger partial charge is 0.506 e. The second-order valence-corrected chi connectivity index (χ2v) is 6.13. The number of pyridine rings is 1. The number of nitrogens with one attached hydrogen (secondary N) is 2. The van der Waals surface area contributed by atoms with Crippen LogP contribution in [0.2, 0.25) is 0 Å². The number of nitrogens with zero attached hydrogens (tertiary/aromatic N) is 1. The summed E-state index contributed by atoms with van der Waals surface area (Å²) in [7, 11) is 0. The van der Waals surface area contributed by atoms with Gasteiger partial charge in [-0.3, -0.25) is 9.78 Å². The number of halogens is 1. The fourth-order valence-corrected chi connectivity index (χ4v) is 2.49. The molecule has 0 saturated heterocycles. The molecule has 1 aromatic heterocycles. The van der Waals surface area contributed by atoms with Crippen molar-refractivity contribution in [2.75, 3.05) is 13.1 Å². The Morgan fingerprint density at radius 3 is 2.87 bits per heavy atom. The molecule has 0 aliphatic heterocycles. The molecule has 0 radical (unpaired) electrons. The molecule has 2 rings (SSSR count). The summed E-state index contributed by atoms with van der Waals surface area (Å²) in [5, 5.41) is 15.8. The zero-order chi connectivity index (χ0) is 16.7. The molecule has 0 aliphatic rings. The second kappa shape index (κ2) is 8.64. The van der Waals surface area contributed by atoms with Gasteiger partial charge in [-0.25, -0.2) is 0 Å². The number of rotatable bonds is 7. The molecule has 6 heteroatoms. The highest BCUT2D eigenvalue weighted by molar-refractivity contribution is 9.10. The summed E-state index contributed by atoms with van der Waals surface area (Å²) < 4.78 is 0.886. The number of aromatic nitrogens is 1. The van der Waals surface area contributed by atoms with E-state index in [-0.39, 0.29) is 11.7 Å². The first-order valence-electron chi connectivity index (χ1n) is 7.46. The van der Waals surface area contributed by atoms with E-state index in [0.29, 0.717) is 24.3 Å². The Bertz CT molecular complexity index is 677. The summed E-state index contributed by atoms with van der Waals surface area (Å²) in [5.74, 6) is 0.121. The molecule has 0 unspecified atom stereocenters. The zero-order valence-corrected chi connectivity index (χ0v) is 14.6. The van der Waals surface area contributed by atoms with Crippen LogP contribution in [0.3, 0.4) is 0 Å². The summed E-state index contributed by atoms with van der Waals surface area (Å²) >= 11 is 3.35. The van der Waals surface area contributed by atoms with Crippen molar-refractivity contribution < 1.29 is 9.90 Å². The van der Waals surface area contributed by atoms with Gasteiger partial charge in [0.1, 0.15) is 5.75 Å². The molecule has 5 nitrogen and oxygen atoms in total. The number of aryl methyl sites for hydroxylation is 1. The van der Waals surface area contributed by atoms with E-state index < -0.39 is 0 Å². The maximum atomic E-state index is 11.9. The molecule has 0 fully saturated rings. The smallest absolute Gasteiger partial charge is 0.251 e. The third-order valence-corrected chi connectivity index (χ3v) is 3.78. The third kappa shape index (κ3) is 5.65. The molecule has 0 saturated carbocycles. The van der Waals surface area contributed by atoms with Crippen molar-refractivity contribution in [1.82, 2.24) is 15.6 Å². The Morgan fingerprint density at radius 1 is 1.26 bits per heavy atom. The monoisotopic (exact) mass is 377 g/mol. The topological polar surface area (TPSA) is 74.2 Å². The van der Waals surface area contributed by atoms with Crippen LogP contribution in [-0.4, -0.2) is 29.1 Å². The van der Waals surface area contributed by atoms with E-state index in [1.165, 1.54) is 0 Å². The van der Waals surface area contributed by atoms with Gasteiger partial charge in [0.05, 0.1) is 5.69 Å². The van der Waals surface area contributed by atoms with Crippen LogP contribution in [0.5, 0.6) is 5.75 Å². The van der Waals surface area contributed by atoms with Crippen molar-refractivity contribution in [3.8, 4) is 5.75 Å². The average Bonchev–Trinajstić information content (AvgIpc) is 2.53. The van der Waals surface area contributed by atoms with E-state index in [4.69, 9.17) is 0 Å². The molecule has 0 spiro atoms. The molecule has 1 aromatic carbocycles. The molecule has 23 heavy (non-hydrogen) atoms. The van der Waals surface area contributed by atoms with Crippen molar-refractivity contribution >= 4 is 21.8 Å². The van der Waals surface area contributed by atoms with Crippen LogP contribution in [-0.2, 0) is 6.54 Å². The van der Waals surface area contributed by atoms with Gasteiger partial charge in [0.15, 0.2) is 0 Å². The van der Waals surface area contributed by atoms with Gasteiger partial charge in [0.25, 0.3) is 5.91 Å². The van der Waals surface area contributed by atoms with Crippen LogP contribution < -0.4 is 10.6 Å². The van der Waals surface area contributed by atoms with E-state index in [0.717, 1.165) is 23.1 Å². The van der Waals surface area contributed by atoms with Crippen LogP contribution in [0.25, 0.3) is 0 Å². The highest BCUT2D eigenvalue weighted by Crippen LogP contribution is 2.14. The van der Waals surface area contributed by atoms with E-state index in [1.807, 2.05) is 19.1 Å². The lowest BCUT2D eigenvalue weighted by Crippen LogP contribution is -2.27. The predicted molar refractivity (Wildman–Crippen MR) is 93.4 cm³/mol. The summed E-state index contributed by atoms with van der Waals surface area (Å²) in [4.78, 5) is 16.2. The van der Waals surface area contributed by atoms with Gasteiger partial charge in [-0.2, -0.15) is 0 Å². The van der Waals surface area contributed by atoms with Crippen molar-refractivity contribution in [1.29, 1.82) is 0 Å². The Labute approximate surface area is 144 Å². The number of hydrogen-bond acceptors (Lipinski definition) is 4. The minimum Gasteiger partial charge on any atom is -0.506 e. The van der Waals surface area contributed by atoms with Crippen molar-refractivity contribution in [3.05, 3.63) is 57.8 Å². The fourth-order valence-electron chi connectivity index (χ4n) is 2.09. The molecule has 0 bridgehead atoms. The first-order chi connectivity index (χ1) is 11.1. The molecule has 0 atom stereocenters.